The van der Waals surface area contributed by atoms with Crippen LogP contribution in [0.2, 0.25) is 0 Å². The zero-order valence-corrected chi connectivity index (χ0v) is 10.5. The van der Waals surface area contributed by atoms with Gasteiger partial charge in [-0.05, 0) is 31.5 Å². The first kappa shape index (κ1) is 12.0. The molecule has 0 aliphatic carbocycles. The molecule has 0 aromatic heterocycles. The van der Waals surface area contributed by atoms with Crippen molar-refractivity contribution in [3.05, 3.63) is 30.3 Å². The summed E-state index contributed by atoms with van der Waals surface area (Å²) in [5.74, 6) is 1.16. The van der Waals surface area contributed by atoms with Crippen LogP contribution in [0, 0.1) is 0 Å². The normalized spacial score (nSPS) is 22.2. The lowest BCUT2D eigenvalue weighted by Gasteiger charge is -2.30. The number of nitrogens with two attached hydrogens (primary N) is 1. The fraction of sp³-hybridized carbons (Fsp3) is 0.538. The summed E-state index contributed by atoms with van der Waals surface area (Å²) in [6.45, 7) is 3.46. The molecule has 1 aromatic carbocycles. The third-order valence-electron chi connectivity index (χ3n) is 2.96. The van der Waals surface area contributed by atoms with Crippen molar-refractivity contribution >= 4 is 11.8 Å². The highest BCUT2D eigenvalue weighted by Gasteiger charge is 2.15. The highest BCUT2D eigenvalue weighted by molar-refractivity contribution is 7.99. The smallest absolute Gasteiger partial charge is 0.0168 e. The number of piperidine rings is 1. The van der Waals surface area contributed by atoms with E-state index in [1.807, 2.05) is 11.8 Å². The van der Waals surface area contributed by atoms with E-state index in [2.05, 4.69) is 35.2 Å². The fourth-order valence-electron chi connectivity index (χ4n) is 2.10. The Morgan fingerprint density at radius 2 is 2.12 bits per heavy atom. The van der Waals surface area contributed by atoms with Crippen LogP contribution < -0.4 is 5.73 Å². The molecule has 1 atom stereocenters. The highest BCUT2D eigenvalue weighted by atomic mass is 32.2. The van der Waals surface area contributed by atoms with Gasteiger partial charge in [0, 0.05) is 29.8 Å². The molecule has 2 rings (SSSR count). The summed E-state index contributed by atoms with van der Waals surface area (Å²) in [5.41, 5.74) is 5.96. The summed E-state index contributed by atoms with van der Waals surface area (Å²) in [6, 6.07) is 11.0. The molecule has 1 aromatic rings. The summed E-state index contributed by atoms with van der Waals surface area (Å²) in [5, 5.41) is 0. The lowest BCUT2D eigenvalue weighted by Crippen LogP contribution is -2.43. The second-order valence-corrected chi connectivity index (χ2v) is 5.53. The van der Waals surface area contributed by atoms with Crippen LogP contribution in [-0.4, -0.2) is 36.3 Å². The van der Waals surface area contributed by atoms with Crippen molar-refractivity contribution in [2.24, 2.45) is 5.73 Å². The van der Waals surface area contributed by atoms with Crippen molar-refractivity contribution < 1.29 is 0 Å². The number of benzene rings is 1. The largest absolute Gasteiger partial charge is 0.327 e. The van der Waals surface area contributed by atoms with Crippen molar-refractivity contribution in [2.45, 2.75) is 23.8 Å². The molecule has 1 saturated heterocycles. The van der Waals surface area contributed by atoms with E-state index >= 15 is 0 Å². The quantitative estimate of drug-likeness (QED) is 0.813. The molecule has 88 valence electrons. The number of hydrogen-bond acceptors (Lipinski definition) is 3. The van der Waals surface area contributed by atoms with Crippen LogP contribution in [0.25, 0.3) is 0 Å². The van der Waals surface area contributed by atoms with Crippen molar-refractivity contribution in [1.82, 2.24) is 4.90 Å². The Bertz CT molecular complexity index is 302. The molecule has 3 heteroatoms. The molecule has 2 nitrogen and oxygen atoms in total. The minimum atomic E-state index is 0.399. The maximum Gasteiger partial charge on any atom is 0.0168 e. The molecule has 1 heterocycles. The molecular formula is C13H20N2S. The first-order valence-corrected chi connectivity index (χ1v) is 6.99. The van der Waals surface area contributed by atoms with E-state index in [0.717, 1.165) is 18.8 Å². The maximum absolute atomic E-state index is 5.96. The summed E-state index contributed by atoms with van der Waals surface area (Å²) in [7, 11) is 0. The van der Waals surface area contributed by atoms with E-state index in [9.17, 15) is 0 Å². The maximum atomic E-state index is 5.96. The second kappa shape index (κ2) is 6.28. The van der Waals surface area contributed by atoms with Crippen LogP contribution >= 0.6 is 11.8 Å². The Kier molecular flexibility index (Phi) is 4.69. The summed E-state index contributed by atoms with van der Waals surface area (Å²) in [6.07, 6.45) is 2.46. The second-order valence-electron chi connectivity index (χ2n) is 4.36. The third-order valence-corrected chi connectivity index (χ3v) is 3.95. The third kappa shape index (κ3) is 3.81. The van der Waals surface area contributed by atoms with E-state index in [1.54, 1.807) is 0 Å². The molecule has 0 bridgehead atoms. The molecule has 0 saturated carbocycles. The predicted molar refractivity (Wildman–Crippen MR) is 70.8 cm³/mol. The standard InChI is InChI=1S/C13H20N2S/c14-12-5-4-8-15(11-12)9-10-16-13-6-2-1-3-7-13/h1-3,6-7,12H,4-5,8-11,14H2. The first-order chi connectivity index (χ1) is 7.84. The topological polar surface area (TPSA) is 29.3 Å². The van der Waals surface area contributed by atoms with Gasteiger partial charge in [0.25, 0.3) is 0 Å². The number of nitrogens with zero attached hydrogens (tertiary/aromatic N) is 1. The minimum Gasteiger partial charge on any atom is -0.327 e. The van der Waals surface area contributed by atoms with Crippen LogP contribution in [-0.2, 0) is 0 Å². The summed E-state index contributed by atoms with van der Waals surface area (Å²) >= 11 is 1.93. The van der Waals surface area contributed by atoms with E-state index < -0.39 is 0 Å². The van der Waals surface area contributed by atoms with Crippen LogP contribution in [0.1, 0.15) is 12.8 Å². The van der Waals surface area contributed by atoms with Crippen LogP contribution in [0.15, 0.2) is 35.2 Å². The van der Waals surface area contributed by atoms with Crippen molar-refractivity contribution in [2.75, 3.05) is 25.4 Å². The molecule has 16 heavy (non-hydrogen) atoms. The molecule has 1 aliphatic heterocycles. The summed E-state index contributed by atoms with van der Waals surface area (Å²) in [4.78, 5) is 3.85. The Morgan fingerprint density at radius 3 is 2.88 bits per heavy atom. The van der Waals surface area contributed by atoms with E-state index in [-0.39, 0.29) is 0 Å². The van der Waals surface area contributed by atoms with Gasteiger partial charge in [0.2, 0.25) is 0 Å². The van der Waals surface area contributed by atoms with Crippen LogP contribution in [0.3, 0.4) is 0 Å². The molecule has 0 radical (unpaired) electrons. The fourth-order valence-corrected chi connectivity index (χ4v) is 3.04. The van der Waals surface area contributed by atoms with Gasteiger partial charge in [-0.25, -0.2) is 0 Å². The van der Waals surface area contributed by atoms with Gasteiger partial charge in [-0.1, -0.05) is 18.2 Å². The Morgan fingerprint density at radius 1 is 1.31 bits per heavy atom. The zero-order valence-electron chi connectivity index (χ0n) is 9.64. The van der Waals surface area contributed by atoms with E-state index in [1.165, 1.54) is 24.3 Å². The molecular weight excluding hydrogens is 216 g/mol. The number of thioether (sulfide) groups is 1. The van der Waals surface area contributed by atoms with Gasteiger partial charge in [0.05, 0.1) is 0 Å². The van der Waals surface area contributed by atoms with Crippen molar-refractivity contribution in [3.8, 4) is 0 Å². The average molecular weight is 236 g/mol. The minimum absolute atomic E-state index is 0.399. The van der Waals surface area contributed by atoms with Gasteiger partial charge in [-0.2, -0.15) is 0 Å². The molecule has 1 unspecified atom stereocenters. The molecule has 0 spiro atoms. The number of rotatable bonds is 4. The van der Waals surface area contributed by atoms with Gasteiger partial charge in [-0.15, -0.1) is 11.8 Å². The Hall–Kier alpha value is -0.510. The van der Waals surface area contributed by atoms with Gasteiger partial charge in [0.15, 0.2) is 0 Å². The lowest BCUT2D eigenvalue weighted by atomic mass is 10.1. The van der Waals surface area contributed by atoms with Gasteiger partial charge >= 0.3 is 0 Å². The van der Waals surface area contributed by atoms with Crippen LogP contribution in [0.4, 0.5) is 0 Å². The Balaban J connectivity index is 1.68. The molecule has 1 fully saturated rings. The number of hydrogen-bond donors (Lipinski definition) is 1. The number of likely N-dealkylation sites (tertiary alicyclic amines) is 1. The van der Waals surface area contributed by atoms with Gasteiger partial charge in [0.1, 0.15) is 0 Å². The van der Waals surface area contributed by atoms with E-state index in [0.29, 0.717) is 6.04 Å². The Labute approximate surface area is 102 Å². The van der Waals surface area contributed by atoms with Crippen molar-refractivity contribution in [3.63, 3.8) is 0 Å². The average Bonchev–Trinajstić information content (AvgIpc) is 2.30. The highest BCUT2D eigenvalue weighted by Crippen LogP contribution is 2.17. The monoisotopic (exact) mass is 236 g/mol. The van der Waals surface area contributed by atoms with Crippen LogP contribution in [0.5, 0.6) is 0 Å². The zero-order chi connectivity index (χ0) is 11.2. The molecule has 2 N–H and O–H groups in total. The SMILES string of the molecule is NC1CCCN(CCSc2ccccc2)C1. The predicted octanol–water partition coefficient (Wildman–Crippen LogP) is 2.20. The van der Waals surface area contributed by atoms with Crippen molar-refractivity contribution in [1.29, 1.82) is 0 Å². The van der Waals surface area contributed by atoms with Gasteiger partial charge < -0.3 is 10.6 Å². The van der Waals surface area contributed by atoms with E-state index in [4.69, 9.17) is 5.73 Å². The molecule has 1 aliphatic rings. The lowest BCUT2D eigenvalue weighted by molar-refractivity contribution is 0.221. The molecule has 0 amide bonds. The first-order valence-electron chi connectivity index (χ1n) is 6.00. The summed E-state index contributed by atoms with van der Waals surface area (Å²) < 4.78 is 0. The van der Waals surface area contributed by atoms with Gasteiger partial charge in [-0.3, -0.25) is 0 Å².